The lowest BCUT2D eigenvalue weighted by molar-refractivity contribution is -0.123. The molecule has 0 bridgehead atoms. The van der Waals surface area contributed by atoms with Gasteiger partial charge in [0.05, 0.1) is 12.0 Å². The van der Waals surface area contributed by atoms with Gasteiger partial charge in [0.25, 0.3) is 0 Å². The number of rotatable bonds is 7. The van der Waals surface area contributed by atoms with Gasteiger partial charge in [-0.25, -0.2) is 0 Å². The molecule has 2 aliphatic carbocycles. The van der Waals surface area contributed by atoms with Gasteiger partial charge in [-0.1, -0.05) is 69.7 Å². The van der Waals surface area contributed by atoms with E-state index in [0.717, 1.165) is 52.7 Å². The van der Waals surface area contributed by atoms with E-state index in [2.05, 4.69) is 19.2 Å². The molecule has 0 radical (unpaired) electrons. The average molecular weight is 499 g/mol. The summed E-state index contributed by atoms with van der Waals surface area (Å²) in [4.78, 5) is 32.4. The Balaban J connectivity index is 0.000000189. The maximum atomic E-state index is 11.1. The molecule has 0 aromatic heterocycles. The molecule has 1 amide bonds. The van der Waals surface area contributed by atoms with Crippen molar-refractivity contribution in [2.24, 2.45) is 23.7 Å². The molecule has 1 saturated heterocycles. The summed E-state index contributed by atoms with van der Waals surface area (Å²) in [5.41, 5.74) is 3.01. The molecule has 4 rings (SSSR count). The van der Waals surface area contributed by atoms with E-state index in [1.54, 1.807) is 6.92 Å². The Morgan fingerprint density at radius 3 is 2.40 bits per heavy atom. The van der Waals surface area contributed by atoms with Crippen LogP contribution in [0.2, 0.25) is 5.02 Å². The first-order valence-corrected chi connectivity index (χ1v) is 13.3. The van der Waals surface area contributed by atoms with Gasteiger partial charge in [0.2, 0.25) is 5.91 Å². The Morgan fingerprint density at radius 2 is 1.91 bits per heavy atom. The molecule has 4 unspecified atom stereocenters. The van der Waals surface area contributed by atoms with Gasteiger partial charge in [-0.2, -0.15) is 5.26 Å². The second-order valence-corrected chi connectivity index (χ2v) is 10.1. The summed E-state index contributed by atoms with van der Waals surface area (Å²) in [6.07, 6.45) is 12.2. The molecule has 3 aliphatic rings. The second-order valence-electron chi connectivity index (χ2n) is 9.72. The molecule has 1 heterocycles. The number of benzene rings is 1. The maximum Gasteiger partial charge on any atom is 0.223 e. The first kappa shape index (κ1) is 28.8. The molecule has 6 heteroatoms. The van der Waals surface area contributed by atoms with Crippen molar-refractivity contribution in [1.82, 2.24) is 5.32 Å². The SMILES string of the molecule is CC(=O)C1=Cc2c(Cl)cccc2C1.CCC1CCCC1CC.N#CC(CC=O)CC1CCNC1=O. The number of allylic oxidation sites excluding steroid dienone is 1. The van der Waals surface area contributed by atoms with Gasteiger partial charge < -0.3 is 10.1 Å². The number of fused-ring (bicyclic) bond motifs is 1. The van der Waals surface area contributed by atoms with Gasteiger partial charge in [0.15, 0.2) is 5.78 Å². The largest absolute Gasteiger partial charge is 0.356 e. The van der Waals surface area contributed by atoms with Gasteiger partial charge in [-0.05, 0) is 60.4 Å². The van der Waals surface area contributed by atoms with Crippen LogP contribution in [-0.4, -0.2) is 24.5 Å². The lowest BCUT2D eigenvalue weighted by Crippen LogP contribution is -2.20. The number of hydrogen-bond donors (Lipinski definition) is 1. The third-order valence-electron chi connectivity index (χ3n) is 7.46. The van der Waals surface area contributed by atoms with E-state index < -0.39 is 0 Å². The number of nitrogens with one attached hydrogen (secondary N) is 1. The average Bonchev–Trinajstić information content (AvgIpc) is 3.59. The zero-order chi connectivity index (χ0) is 25.8. The van der Waals surface area contributed by atoms with Crippen molar-refractivity contribution in [3.05, 3.63) is 39.9 Å². The van der Waals surface area contributed by atoms with Crippen LogP contribution in [0.3, 0.4) is 0 Å². The zero-order valence-electron chi connectivity index (χ0n) is 21.3. The van der Waals surface area contributed by atoms with Gasteiger partial charge in [0, 0.05) is 30.3 Å². The van der Waals surface area contributed by atoms with Gasteiger partial charge >= 0.3 is 0 Å². The summed E-state index contributed by atoms with van der Waals surface area (Å²) >= 11 is 5.98. The minimum Gasteiger partial charge on any atom is -0.356 e. The Labute approximate surface area is 215 Å². The highest BCUT2D eigenvalue weighted by atomic mass is 35.5. The molecule has 0 spiro atoms. The molecule has 190 valence electrons. The number of hydrogen-bond acceptors (Lipinski definition) is 4. The number of amides is 1. The number of carbonyl (C=O) groups excluding carboxylic acids is 3. The van der Waals surface area contributed by atoms with Crippen LogP contribution in [0.25, 0.3) is 6.08 Å². The number of halogens is 1. The van der Waals surface area contributed by atoms with Crippen LogP contribution in [0.5, 0.6) is 0 Å². The normalized spacial score (nSPS) is 22.9. The van der Waals surface area contributed by atoms with E-state index in [1.165, 1.54) is 32.1 Å². The van der Waals surface area contributed by atoms with E-state index in [4.69, 9.17) is 16.9 Å². The number of nitriles is 1. The minimum atomic E-state index is -0.300. The fourth-order valence-corrected chi connectivity index (χ4v) is 5.52. The number of carbonyl (C=O) groups is 3. The van der Waals surface area contributed by atoms with Gasteiger partial charge in [0.1, 0.15) is 6.29 Å². The van der Waals surface area contributed by atoms with Crippen LogP contribution in [0, 0.1) is 35.0 Å². The van der Waals surface area contributed by atoms with E-state index >= 15 is 0 Å². The second kappa shape index (κ2) is 14.8. The van der Waals surface area contributed by atoms with E-state index in [1.807, 2.05) is 30.3 Å². The number of aldehydes is 1. The Bertz CT molecular complexity index is 940. The summed E-state index contributed by atoms with van der Waals surface area (Å²) in [7, 11) is 0. The fraction of sp³-hybridized carbons (Fsp3) is 0.586. The van der Waals surface area contributed by atoms with Crippen molar-refractivity contribution in [1.29, 1.82) is 5.26 Å². The summed E-state index contributed by atoms with van der Waals surface area (Å²) in [5.74, 6) is 1.94. The molecular formula is C29H39ClN2O3. The summed E-state index contributed by atoms with van der Waals surface area (Å²) in [6, 6.07) is 7.81. The predicted molar refractivity (Wildman–Crippen MR) is 141 cm³/mol. The van der Waals surface area contributed by atoms with Crippen LogP contribution in [0.4, 0.5) is 0 Å². The lowest BCUT2D eigenvalue weighted by atomic mass is 9.92. The van der Waals surface area contributed by atoms with E-state index in [9.17, 15) is 14.4 Å². The quantitative estimate of drug-likeness (QED) is 0.445. The lowest BCUT2D eigenvalue weighted by Gasteiger charge is -2.14. The number of nitrogens with zero attached hydrogens (tertiary/aromatic N) is 1. The smallest absolute Gasteiger partial charge is 0.223 e. The highest BCUT2D eigenvalue weighted by Crippen LogP contribution is 2.35. The van der Waals surface area contributed by atoms with Crippen LogP contribution in [0.1, 0.15) is 83.3 Å². The topological polar surface area (TPSA) is 87.0 Å². The molecule has 1 aromatic rings. The monoisotopic (exact) mass is 498 g/mol. The highest BCUT2D eigenvalue weighted by Gasteiger charge is 2.27. The van der Waals surface area contributed by atoms with Crippen LogP contribution < -0.4 is 5.32 Å². The first-order valence-electron chi connectivity index (χ1n) is 12.9. The minimum absolute atomic E-state index is 0.0196. The molecule has 1 saturated carbocycles. The van der Waals surface area contributed by atoms with Crippen LogP contribution in [-0.2, 0) is 20.8 Å². The summed E-state index contributed by atoms with van der Waals surface area (Å²) < 4.78 is 0. The predicted octanol–water partition coefficient (Wildman–Crippen LogP) is 6.33. The van der Waals surface area contributed by atoms with Crippen molar-refractivity contribution < 1.29 is 14.4 Å². The summed E-state index contributed by atoms with van der Waals surface area (Å²) in [5, 5.41) is 12.1. The molecule has 1 aliphatic heterocycles. The van der Waals surface area contributed by atoms with Crippen LogP contribution >= 0.6 is 11.6 Å². The van der Waals surface area contributed by atoms with Crippen molar-refractivity contribution in [2.75, 3.05) is 6.54 Å². The number of ketones is 1. The van der Waals surface area contributed by atoms with Crippen molar-refractivity contribution >= 4 is 35.7 Å². The standard InChI is InChI=1S/C11H9ClO.C9H12N2O2.C9H18/c1-7(13)9-5-8-3-2-4-11(12)10(8)6-9;10-6-7(2-4-12)5-8-1-3-11-9(8)13;1-3-8-6-5-7-9(8)4-2/h2-4,6H,5H2,1H3;4,7-8H,1-3,5H2,(H,11,13);8-9H,3-7H2,1-2H3. The fourth-order valence-electron chi connectivity index (χ4n) is 5.27. The van der Waals surface area contributed by atoms with E-state index in [-0.39, 0.29) is 29.9 Å². The summed E-state index contributed by atoms with van der Waals surface area (Å²) in [6.45, 7) is 6.95. The molecule has 2 fully saturated rings. The van der Waals surface area contributed by atoms with Crippen molar-refractivity contribution in [2.45, 2.75) is 78.6 Å². The third kappa shape index (κ3) is 8.61. The van der Waals surface area contributed by atoms with Crippen LogP contribution in [0.15, 0.2) is 23.8 Å². The first-order chi connectivity index (χ1) is 16.8. The van der Waals surface area contributed by atoms with Crippen molar-refractivity contribution in [3.8, 4) is 6.07 Å². The Morgan fingerprint density at radius 1 is 1.23 bits per heavy atom. The molecule has 4 atom stereocenters. The Kier molecular flexibility index (Phi) is 12.2. The maximum absolute atomic E-state index is 11.1. The van der Waals surface area contributed by atoms with E-state index in [0.29, 0.717) is 13.0 Å². The number of Topliss-reactive ketones (excluding diaryl/α,β-unsaturated/α-hetero) is 1. The molecule has 1 N–H and O–H groups in total. The van der Waals surface area contributed by atoms with Gasteiger partial charge in [-0.15, -0.1) is 0 Å². The Hall–Kier alpha value is -2.45. The highest BCUT2D eigenvalue weighted by molar-refractivity contribution is 6.32. The molecule has 1 aromatic carbocycles. The molecule has 5 nitrogen and oxygen atoms in total. The van der Waals surface area contributed by atoms with Crippen molar-refractivity contribution in [3.63, 3.8) is 0 Å². The zero-order valence-corrected chi connectivity index (χ0v) is 22.1. The third-order valence-corrected chi connectivity index (χ3v) is 7.78. The van der Waals surface area contributed by atoms with Gasteiger partial charge in [-0.3, -0.25) is 9.59 Å². The molecular weight excluding hydrogens is 460 g/mol. The molecule has 35 heavy (non-hydrogen) atoms.